The Kier molecular flexibility index (Phi) is 9.31. The zero-order chi connectivity index (χ0) is 32.0. The molecule has 1 unspecified atom stereocenters. The molecule has 1 fully saturated rings. The maximum atomic E-state index is 13.2. The number of amidine groups is 1. The number of nitrogens with two attached hydrogens (primary N) is 1. The molecule has 0 bridgehead atoms. The molecule has 0 spiro atoms. The van der Waals surface area contributed by atoms with E-state index in [0.29, 0.717) is 37.2 Å². The number of aliphatic imine (C=N–C) groups is 1. The topological polar surface area (TPSA) is 169 Å². The van der Waals surface area contributed by atoms with Crippen molar-refractivity contribution in [3.05, 3.63) is 72.1 Å². The Balaban J connectivity index is 1.10. The van der Waals surface area contributed by atoms with Gasteiger partial charge in [-0.1, -0.05) is 18.2 Å². The number of H-pyrrole nitrogens is 1. The van der Waals surface area contributed by atoms with E-state index in [1.54, 1.807) is 12.3 Å². The van der Waals surface area contributed by atoms with E-state index in [2.05, 4.69) is 40.5 Å². The Morgan fingerprint density at radius 2 is 2.20 bits per heavy atom. The van der Waals surface area contributed by atoms with Crippen LogP contribution in [0.25, 0.3) is 27.7 Å². The molecule has 3 aromatic heterocycles. The molecule has 13 nitrogen and oxygen atoms in total. The van der Waals surface area contributed by atoms with Crippen LogP contribution in [0.2, 0.25) is 0 Å². The Labute approximate surface area is 267 Å². The highest BCUT2D eigenvalue weighted by atomic mass is 16.5. The average molecular weight is 623 g/mol. The number of allylic oxidation sites excluding steroid dienone is 1. The van der Waals surface area contributed by atoms with Crippen molar-refractivity contribution in [2.45, 2.75) is 32.8 Å². The summed E-state index contributed by atoms with van der Waals surface area (Å²) in [4.78, 5) is 40.7. The summed E-state index contributed by atoms with van der Waals surface area (Å²) < 4.78 is 11.6. The Bertz CT molecular complexity index is 1830. The molecule has 5 N–H and O–H groups in total. The predicted octanol–water partition coefficient (Wildman–Crippen LogP) is 3.73. The molecule has 6 rings (SSSR count). The normalized spacial score (nSPS) is 17.6. The molecule has 2 aliphatic heterocycles. The third kappa shape index (κ3) is 7.22. The number of benzene rings is 1. The molecule has 1 aromatic carbocycles. The van der Waals surface area contributed by atoms with Crippen molar-refractivity contribution >= 4 is 39.9 Å². The molecular formula is C33H38N10O3. The van der Waals surface area contributed by atoms with Crippen LogP contribution in [0, 0.1) is 6.92 Å². The van der Waals surface area contributed by atoms with Crippen LogP contribution >= 0.6 is 0 Å². The molecular weight excluding hydrogens is 584 g/mol. The standard InChI is InChI=1S/C33H38N10O3/c1-20-15-37-33(41-28(34)13-21(2)35-3)42-31(20)25-16-36-32-24(25)5-4-6-26(32)40-29(44)18-43-10-7-23(17-43)46-30-14-27(38-19-39-30)22-8-11-45-12-9-22/h4-6,8,13-16,19,23,35-36H,7,9-12,17-18H2,1-3H3,(H,40,44)(H2,34,37,41,42)/b21-13-. The van der Waals surface area contributed by atoms with Gasteiger partial charge in [-0.15, -0.1) is 0 Å². The number of amides is 1. The van der Waals surface area contributed by atoms with E-state index >= 15 is 0 Å². The number of aromatic amines is 1. The van der Waals surface area contributed by atoms with Gasteiger partial charge in [0.1, 0.15) is 18.3 Å². The lowest BCUT2D eigenvalue weighted by Crippen LogP contribution is -2.33. The number of ether oxygens (including phenoxy) is 2. The SMILES string of the molecule is CN/C(C)=C\C(N)=N/c1ncc(C)c(-c2c[nH]c3c(NC(=O)CN4CCC(Oc5cc(C6=CCOCC6)ncn5)C4)cccc23)n1. The van der Waals surface area contributed by atoms with Crippen LogP contribution in [-0.4, -0.2) is 87.6 Å². The van der Waals surface area contributed by atoms with Gasteiger partial charge in [-0.25, -0.2) is 19.9 Å². The predicted molar refractivity (Wildman–Crippen MR) is 178 cm³/mol. The first-order valence-electron chi connectivity index (χ1n) is 15.3. The van der Waals surface area contributed by atoms with Gasteiger partial charge in [0.25, 0.3) is 5.95 Å². The van der Waals surface area contributed by atoms with E-state index in [-0.39, 0.29) is 24.5 Å². The van der Waals surface area contributed by atoms with Gasteiger partial charge in [-0.3, -0.25) is 9.69 Å². The maximum Gasteiger partial charge on any atom is 0.251 e. The van der Waals surface area contributed by atoms with Crippen molar-refractivity contribution in [1.82, 2.24) is 35.1 Å². The number of carbonyl (C=O) groups is 1. The fourth-order valence-corrected chi connectivity index (χ4v) is 5.60. The van der Waals surface area contributed by atoms with Crippen LogP contribution in [0.15, 0.2) is 65.8 Å². The van der Waals surface area contributed by atoms with Gasteiger partial charge in [0, 0.05) is 55.2 Å². The van der Waals surface area contributed by atoms with Crippen molar-refractivity contribution in [2.75, 3.05) is 45.2 Å². The van der Waals surface area contributed by atoms with Gasteiger partial charge in [-0.2, -0.15) is 4.99 Å². The number of hydrogen-bond acceptors (Lipinski definition) is 10. The summed E-state index contributed by atoms with van der Waals surface area (Å²) in [5, 5.41) is 7.02. The van der Waals surface area contributed by atoms with Crippen LogP contribution in [0.3, 0.4) is 0 Å². The number of nitrogens with one attached hydrogen (secondary N) is 3. The van der Waals surface area contributed by atoms with E-state index in [4.69, 9.17) is 20.2 Å². The molecule has 4 aromatic rings. The second kappa shape index (κ2) is 13.9. The van der Waals surface area contributed by atoms with Crippen molar-refractivity contribution in [2.24, 2.45) is 10.7 Å². The Morgan fingerprint density at radius 1 is 1.30 bits per heavy atom. The van der Waals surface area contributed by atoms with Gasteiger partial charge in [-0.05, 0) is 50.0 Å². The maximum absolute atomic E-state index is 13.2. The highest BCUT2D eigenvalue weighted by Crippen LogP contribution is 2.33. The van der Waals surface area contributed by atoms with Gasteiger partial charge in [0.15, 0.2) is 0 Å². The second-order valence-corrected chi connectivity index (χ2v) is 11.4. The van der Waals surface area contributed by atoms with Crippen LogP contribution in [0.1, 0.15) is 31.0 Å². The number of aryl methyl sites for hydroxylation is 1. The van der Waals surface area contributed by atoms with Crippen molar-refractivity contribution in [3.63, 3.8) is 0 Å². The summed E-state index contributed by atoms with van der Waals surface area (Å²) >= 11 is 0. The first kappa shape index (κ1) is 30.9. The molecule has 1 saturated heterocycles. The van der Waals surface area contributed by atoms with E-state index < -0.39 is 0 Å². The molecule has 238 valence electrons. The van der Waals surface area contributed by atoms with Crippen molar-refractivity contribution < 1.29 is 14.3 Å². The van der Waals surface area contributed by atoms with Crippen LogP contribution < -0.4 is 21.1 Å². The summed E-state index contributed by atoms with van der Waals surface area (Å²) in [5.41, 5.74) is 12.9. The van der Waals surface area contributed by atoms with E-state index in [1.807, 2.05) is 57.4 Å². The fourth-order valence-electron chi connectivity index (χ4n) is 5.60. The number of aromatic nitrogens is 5. The van der Waals surface area contributed by atoms with Crippen LogP contribution in [0.5, 0.6) is 5.88 Å². The largest absolute Gasteiger partial charge is 0.473 e. The first-order chi connectivity index (χ1) is 22.4. The molecule has 13 heteroatoms. The van der Waals surface area contributed by atoms with Crippen LogP contribution in [0.4, 0.5) is 11.6 Å². The molecule has 5 heterocycles. The summed E-state index contributed by atoms with van der Waals surface area (Å²) in [7, 11) is 1.81. The van der Waals surface area contributed by atoms with Gasteiger partial charge in [0.2, 0.25) is 11.8 Å². The summed E-state index contributed by atoms with van der Waals surface area (Å²) in [5.74, 6) is 1.01. The fraction of sp³-hybridized carbons (Fsp3) is 0.333. The summed E-state index contributed by atoms with van der Waals surface area (Å²) in [6, 6.07) is 7.68. The lowest BCUT2D eigenvalue weighted by Gasteiger charge is -2.17. The average Bonchev–Trinajstić information content (AvgIpc) is 3.69. The lowest BCUT2D eigenvalue weighted by molar-refractivity contribution is -0.117. The number of carbonyl (C=O) groups excluding carboxylic acids is 1. The third-order valence-corrected chi connectivity index (χ3v) is 8.01. The first-order valence-corrected chi connectivity index (χ1v) is 15.3. The van der Waals surface area contributed by atoms with E-state index in [0.717, 1.165) is 64.1 Å². The summed E-state index contributed by atoms with van der Waals surface area (Å²) in [6.07, 6.45) is 10.5. The Morgan fingerprint density at radius 3 is 3.02 bits per heavy atom. The molecule has 1 atom stereocenters. The molecule has 2 aliphatic rings. The van der Waals surface area contributed by atoms with E-state index in [1.165, 1.54) is 6.33 Å². The number of nitrogens with zero attached hydrogens (tertiary/aromatic N) is 6. The minimum Gasteiger partial charge on any atom is -0.473 e. The molecule has 0 radical (unpaired) electrons. The Hall–Kier alpha value is -5.14. The smallest absolute Gasteiger partial charge is 0.251 e. The quantitative estimate of drug-likeness (QED) is 0.151. The molecule has 1 amide bonds. The number of para-hydroxylation sites is 1. The van der Waals surface area contributed by atoms with Gasteiger partial charge >= 0.3 is 0 Å². The summed E-state index contributed by atoms with van der Waals surface area (Å²) in [6.45, 7) is 6.76. The highest BCUT2D eigenvalue weighted by Gasteiger charge is 2.26. The van der Waals surface area contributed by atoms with Crippen molar-refractivity contribution in [3.8, 4) is 17.1 Å². The highest BCUT2D eigenvalue weighted by molar-refractivity contribution is 6.06. The zero-order valence-electron chi connectivity index (χ0n) is 26.2. The second-order valence-electron chi connectivity index (χ2n) is 11.4. The minimum atomic E-state index is -0.102. The molecule has 0 saturated carbocycles. The molecule has 46 heavy (non-hydrogen) atoms. The third-order valence-electron chi connectivity index (χ3n) is 8.01. The number of anilines is 1. The van der Waals surface area contributed by atoms with Gasteiger partial charge in [0.05, 0.1) is 42.4 Å². The number of hydrogen-bond donors (Lipinski definition) is 4. The molecule has 0 aliphatic carbocycles. The van der Waals surface area contributed by atoms with Crippen LogP contribution in [-0.2, 0) is 9.53 Å². The lowest BCUT2D eigenvalue weighted by atomic mass is 10.1. The zero-order valence-corrected chi connectivity index (χ0v) is 26.2. The van der Waals surface area contributed by atoms with Gasteiger partial charge < -0.3 is 30.8 Å². The number of likely N-dealkylation sites (tertiary alicyclic amines) is 1. The number of rotatable bonds is 10. The minimum absolute atomic E-state index is 0.0577. The van der Waals surface area contributed by atoms with Crippen molar-refractivity contribution in [1.29, 1.82) is 0 Å². The van der Waals surface area contributed by atoms with E-state index in [9.17, 15) is 4.79 Å². The monoisotopic (exact) mass is 622 g/mol. The number of fused-ring (bicyclic) bond motifs is 1.